The lowest BCUT2D eigenvalue weighted by atomic mass is 10.0. The summed E-state index contributed by atoms with van der Waals surface area (Å²) in [4.78, 5) is 28.6. The van der Waals surface area contributed by atoms with Gasteiger partial charge >= 0.3 is 5.97 Å². The van der Waals surface area contributed by atoms with Crippen molar-refractivity contribution in [3.8, 4) is 0 Å². The Hall–Kier alpha value is -2.21. The van der Waals surface area contributed by atoms with Gasteiger partial charge in [0.05, 0.1) is 24.6 Å². The van der Waals surface area contributed by atoms with Crippen LogP contribution in [0.25, 0.3) is 10.9 Å². The SMILES string of the molecule is COC(=O)C(NCc1nc2ccccc2c(=O)n1C)C(C)C. The van der Waals surface area contributed by atoms with Gasteiger partial charge in [0.25, 0.3) is 5.56 Å². The van der Waals surface area contributed by atoms with Gasteiger partial charge in [-0.3, -0.25) is 19.5 Å². The molecule has 1 heterocycles. The van der Waals surface area contributed by atoms with E-state index in [1.54, 1.807) is 19.2 Å². The quantitative estimate of drug-likeness (QED) is 0.841. The summed E-state index contributed by atoms with van der Waals surface area (Å²) in [5.74, 6) is 0.337. The van der Waals surface area contributed by atoms with E-state index >= 15 is 0 Å². The molecule has 0 radical (unpaired) electrons. The van der Waals surface area contributed by atoms with Gasteiger partial charge in [0.1, 0.15) is 11.9 Å². The van der Waals surface area contributed by atoms with Crippen LogP contribution in [0, 0.1) is 5.92 Å². The zero-order valence-corrected chi connectivity index (χ0v) is 13.3. The van der Waals surface area contributed by atoms with Crippen LogP contribution in [0.2, 0.25) is 0 Å². The molecule has 1 aromatic carbocycles. The number of fused-ring (bicyclic) bond motifs is 1. The third-order valence-corrected chi connectivity index (χ3v) is 3.68. The minimum atomic E-state index is -0.437. The molecule has 6 heteroatoms. The number of carbonyl (C=O) groups excluding carboxylic acids is 1. The number of aromatic nitrogens is 2. The Balaban J connectivity index is 2.30. The van der Waals surface area contributed by atoms with Crippen molar-refractivity contribution in [3.63, 3.8) is 0 Å². The predicted octanol–water partition coefficient (Wildman–Crippen LogP) is 1.22. The zero-order valence-electron chi connectivity index (χ0n) is 13.3. The van der Waals surface area contributed by atoms with E-state index in [4.69, 9.17) is 4.74 Å². The number of para-hydroxylation sites is 1. The fourth-order valence-electron chi connectivity index (χ4n) is 2.34. The average Bonchev–Trinajstić information content (AvgIpc) is 2.51. The van der Waals surface area contributed by atoms with Crippen LogP contribution < -0.4 is 10.9 Å². The van der Waals surface area contributed by atoms with Crippen molar-refractivity contribution in [1.82, 2.24) is 14.9 Å². The Bertz CT molecular complexity index is 737. The lowest BCUT2D eigenvalue weighted by Gasteiger charge is -2.20. The van der Waals surface area contributed by atoms with Crippen LogP contribution in [0.4, 0.5) is 0 Å². The van der Waals surface area contributed by atoms with E-state index in [-0.39, 0.29) is 17.4 Å². The molecule has 22 heavy (non-hydrogen) atoms. The van der Waals surface area contributed by atoms with Crippen LogP contribution in [-0.4, -0.2) is 28.7 Å². The molecular formula is C16H21N3O3. The normalized spacial score (nSPS) is 12.6. The summed E-state index contributed by atoms with van der Waals surface area (Å²) in [6.07, 6.45) is 0. The number of rotatable bonds is 5. The summed E-state index contributed by atoms with van der Waals surface area (Å²) in [6.45, 7) is 4.18. The van der Waals surface area contributed by atoms with Crippen LogP contribution >= 0.6 is 0 Å². The van der Waals surface area contributed by atoms with Gasteiger partial charge in [-0.1, -0.05) is 26.0 Å². The highest BCUT2D eigenvalue weighted by Gasteiger charge is 2.22. The molecular weight excluding hydrogens is 282 g/mol. The molecule has 0 saturated heterocycles. The van der Waals surface area contributed by atoms with E-state index in [1.807, 2.05) is 26.0 Å². The average molecular weight is 303 g/mol. The summed E-state index contributed by atoms with van der Waals surface area (Å²) in [5, 5.41) is 3.71. The molecule has 2 rings (SSSR count). The Labute approximate surface area is 129 Å². The minimum absolute atomic E-state index is 0.0740. The Morgan fingerprint density at radius 2 is 2.05 bits per heavy atom. The Morgan fingerprint density at radius 1 is 1.36 bits per heavy atom. The number of benzene rings is 1. The van der Waals surface area contributed by atoms with Crippen LogP contribution in [-0.2, 0) is 23.1 Å². The minimum Gasteiger partial charge on any atom is -0.468 e. The molecule has 0 spiro atoms. The van der Waals surface area contributed by atoms with Crippen molar-refractivity contribution in [1.29, 1.82) is 0 Å². The fraction of sp³-hybridized carbons (Fsp3) is 0.438. The van der Waals surface area contributed by atoms with Crippen LogP contribution in [0.3, 0.4) is 0 Å². The molecule has 0 fully saturated rings. The first-order valence-electron chi connectivity index (χ1n) is 7.21. The van der Waals surface area contributed by atoms with Crippen LogP contribution in [0.5, 0.6) is 0 Å². The predicted molar refractivity (Wildman–Crippen MR) is 84.5 cm³/mol. The standard InChI is InChI=1S/C16H21N3O3/c1-10(2)14(16(21)22-4)17-9-13-18-12-8-6-5-7-11(12)15(20)19(13)3/h5-8,10,14,17H,9H2,1-4H3. The van der Waals surface area contributed by atoms with E-state index in [0.29, 0.717) is 23.3 Å². The van der Waals surface area contributed by atoms with Gasteiger partial charge in [0.2, 0.25) is 0 Å². The third-order valence-electron chi connectivity index (χ3n) is 3.68. The van der Waals surface area contributed by atoms with Gasteiger partial charge < -0.3 is 4.74 Å². The largest absolute Gasteiger partial charge is 0.468 e. The maximum absolute atomic E-state index is 12.3. The van der Waals surface area contributed by atoms with Gasteiger partial charge in [0.15, 0.2) is 0 Å². The topological polar surface area (TPSA) is 73.2 Å². The molecule has 1 atom stereocenters. The molecule has 1 N–H and O–H groups in total. The first-order valence-corrected chi connectivity index (χ1v) is 7.21. The Kier molecular flexibility index (Phi) is 4.92. The van der Waals surface area contributed by atoms with Crippen molar-refractivity contribution in [2.45, 2.75) is 26.4 Å². The second kappa shape index (κ2) is 6.70. The lowest BCUT2D eigenvalue weighted by Crippen LogP contribution is -2.42. The second-order valence-electron chi connectivity index (χ2n) is 5.54. The highest BCUT2D eigenvalue weighted by molar-refractivity contribution is 5.77. The smallest absolute Gasteiger partial charge is 0.323 e. The number of carbonyl (C=O) groups is 1. The first-order chi connectivity index (χ1) is 10.5. The van der Waals surface area contributed by atoms with E-state index in [0.717, 1.165) is 0 Å². The summed E-state index contributed by atoms with van der Waals surface area (Å²) < 4.78 is 6.30. The number of hydrogen-bond donors (Lipinski definition) is 1. The third kappa shape index (κ3) is 3.17. The molecule has 0 aliphatic heterocycles. The maximum atomic E-state index is 12.3. The molecule has 0 aliphatic rings. The van der Waals surface area contributed by atoms with Crippen molar-refractivity contribution < 1.29 is 9.53 Å². The van der Waals surface area contributed by atoms with Crippen molar-refractivity contribution >= 4 is 16.9 Å². The van der Waals surface area contributed by atoms with E-state index in [9.17, 15) is 9.59 Å². The van der Waals surface area contributed by atoms with Crippen LogP contribution in [0.15, 0.2) is 29.1 Å². The molecule has 0 bridgehead atoms. The monoisotopic (exact) mass is 303 g/mol. The molecule has 118 valence electrons. The van der Waals surface area contributed by atoms with E-state index in [1.165, 1.54) is 11.7 Å². The molecule has 6 nitrogen and oxygen atoms in total. The summed E-state index contributed by atoms with van der Waals surface area (Å²) in [7, 11) is 3.05. The highest BCUT2D eigenvalue weighted by atomic mass is 16.5. The summed E-state index contributed by atoms with van der Waals surface area (Å²) in [6, 6.07) is 6.79. The van der Waals surface area contributed by atoms with Gasteiger partial charge in [-0.25, -0.2) is 4.98 Å². The summed E-state index contributed by atoms with van der Waals surface area (Å²) in [5.41, 5.74) is 0.558. The summed E-state index contributed by atoms with van der Waals surface area (Å²) >= 11 is 0. The number of methoxy groups -OCH3 is 1. The molecule has 1 aromatic heterocycles. The fourth-order valence-corrected chi connectivity index (χ4v) is 2.34. The van der Waals surface area contributed by atoms with Crippen molar-refractivity contribution in [3.05, 3.63) is 40.4 Å². The molecule has 0 saturated carbocycles. The first kappa shape index (κ1) is 16.2. The van der Waals surface area contributed by atoms with Crippen molar-refractivity contribution in [2.75, 3.05) is 7.11 Å². The Morgan fingerprint density at radius 3 is 2.68 bits per heavy atom. The number of nitrogens with one attached hydrogen (secondary N) is 1. The van der Waals surface area contributed by atoms with Gasteiger partial charge in [-0.2, -0.15) is 0 Å². The molecule has 1 unspecified atom stereocenters. The molecule has 0 aliphatic carbocycles. The lowest BCUT2D eigenvalue weighted by molar-refractivity contribution is -0.144. The number of hydrogen-bond acceptors (Lipinski definition) is 5. The number of nitrogens with zero attached hydrogens (tertiary/aromatic N) is 2. The number of ether oxygens (including phenoxy) is 1. The number of esters is 1. The maximum Gasteiger partial charge on any atom is 0.323 e. The van der Waals surface area contributed by atoms with Crippen molar-refractivity contribution in [2.24, 2.45) is 13.0 Å². The van der Waals surface area contributed by atoms with Gasteiger partial charge in [-0.15, -0.1) is 0 Å². The highest BCUT2D eigenvalue weighted by Crippen LogP contribution is 2.08. The molecule has 2 aromatic rings. The zero-order chi connectivity index (χ0) is 16.3. The second-order valence-corrected chi connectivity index (χ2v) is 5.54. The molecule has 0 amide bonds. The van der Waals surface area contributed by atoms with Gasteiger partial charge in [-0.05, 0) is 18.1 Å². The van der Waals surface area contributed by atoms with E-state index < -0.39 is 6.04 Å². The van der Waals surface area contributed by atoms with Crippen LogP contribution in [0.1, 0.15) is 19.7 Å². The van der Waals surface area contributed by atoms with E-state index in [2.05, 4.69) is 10.3 Å². The van der Waals surface area contributed by atoms with Gasteiger partial charge in [0, 0.05) is 7.05 Å².